The fraction of sp³-hybridized carbons (Fsp3) is 0.304. The number of benzene rings is 2. The Balaban J connectivity index is 1.50. The number of methoxy groups -OCH3 is 2. The van der Waals surface area contributed by atoms with Gasteiger partial charge in [0.05, 0.1) is 20.1 Å². The molecule has 1 fully saturated rings. The number of nitrogens with zero attached hydrogens (tertiary/aromatic N) is 1. The van der Waals surface area contributed by atoms with E-state index in [1.54, 1.807) is 24.3 Å². The van der Waals surface area contributed by atoms with Crippen molar-refractivity contribution in [2.45, 2.75) is 17.7 Å². The lowest BCUT2D eigenvalue weighted by atomic mass is 9.98. The summed E-state index contributed by atoms with van der Waals surface area (Å²) in [5, 5.41) is 3.97. The summed E-state index contributed by atoms with van der Waals surface area (Å²) in [6.45, 7) is 0.357. The SMILES string of the molecule is COC(=O)c1cc2cc(NC(=O)C3CCCN(S(=O)(=O)c4cc(Cl)ccc4OC)C3)ccc2s1. The number of anilines is 1. The maximum absolute atomic E-state index is 13.3. The molecule has 0 radical (unpaired) electrons. The van der Waals surface area contributed by atoms with Crippen LogP contribution in [0.3, 0.4) is 0 Å². The molecule has 2 heterocycles. The van der Waals surface area contributed by atoms with E-state index in [9.17, 15) is 18.0 Å². The van der Waals surface area contributed by atoms with Crippen molar-refractivity contribution in [3.8, 4) is 5.75 Å². The average Bonchev–Trinajstić information content (AvgIpc) is 3.27. The molecule has 2 aromatic carbocycles. The van der Waals surface area contributed by atoms with Crippen LogP contribution in [0.2, 0.25) is 5.02 Å². The molecule has 34 heavy (non-hydrogen) atoms. The quantitative estimate of drug-likeness (QED) is 0.482. The van der Waals surface area contributed by atoms with Crippen molar-refractivity contribution in [1.29, 1.82) is 0 Å². The van der Waals surface area contributed by atoms with Crippen LogP contribution in [-0.2, 0) is 19.6 Å². The van der Waals surface area contributed by atoms with Gasteiger partial charge in [0.15, 0.2) is 0 Å². The minimum absolute atomic E-state index is 0.0205. The van der Waals surface area contributed by atoms with Crippen molar-refractivity contribution in [3.63, 3.8) is 0 Å². The second kappa shape index (κ2) is 9.91. The third-order valence-corrected chi connectivity index (χ3v) is 8.89. The Bertz CT molecular complexity index is 1350. The highest BCUT2D eigenvalue weighted by Gasteiger charge is 2.35. The van der Waals surface area contributed by atoms with E-state index in [0.29, 0.717) is 30.0 Å². The number of esters is 1. The Morgan fingerprint density at radius 3 is 2.68 bits per heavy atom. The van der Waals surface area contributed by atoms with E-state index in [1.807, 2.05) is 6.07 Å². The molecule has 1 aliphatic heterocycles. The van der Waals surface area contributed by atoms with Crippen LogP contribution in [0.25, 0.3) is 10.1 Å². The standard InChI is InChI=1S/C23H23ClN2O6S2/c1-31-18-7-5-16(24)12-21(18)34(29,30)26-9-3-4-14(13-26)22(27)25-17-6-8-19-15(10-17)11-20(33-19)23(28)32-2/h5-8,10-12,14H,3-4,9,13H2,1-2H3,(H,25,27). The summed E-state index contributed by atoms with van der Waals surface area (Å²) in [6.07, 6.45) is 1.12. The molecule has 4 rings (SSSR count). The molecule has 1 aromatic heterocycles. The Kier molecular flexibility index (Phi) is 7.13. The van der Waals surface area contributed by atoms with Crippen LogP contribution in [0.15, 0.2) is 47.4 Å². The number of nitrogens with one attached hydrogen (secondary N) is 1. The number of carbonyl (C=O) groups is 2. The van der Waals surface area contributed by atoms with E-state index in [0.717, 1.165) is 10.1 Å². The Morgan fingerprint density at radius 2 is 1.94 bits per heavy atom. The second-order valence-electron chi connectivity index (χ2n) is 7.84. The van der Waals surface area contributed by atoms with Crippen molar-refractivity contribution in [1.82, 2.24) is 4.31 Å². The molecule has 1 N–H and O–H groups in total. The number of thiophene rings is 1. The lowest BCUT2D eigenvalue weighted by Crippen LogP contribution is -2.43. The molecule has 3 aromatic rings. The van der Waals surface area contributed by atoms with E-state index < -0.39 is 21.9 Å². The van der Waals surface area contributed by atoms with Gasteiger partial charge in [-0.05, 0) is 60.7 Å². The number of piperidine rings is 1. The summed E-state index contributed by atoms with van der Waals surface area (Å²) in [6, 6.07) is 11.5. The zero-order chi connectivity index (χ0) is 24.5. The van der Waals surface area contributed by atoms with Crippen LogP contribution in [0.4, 0.5) is 5.69 Å². The van der Waals surface area contributed by atoms with Gasteiger partial charge in [-0.15, -0.1) is 11.3 Å². The van der Waals surface area contributed by atoms with Crippen molar-refractivity contribution in [2.75, 3.05) is 32.6 Å². The maximum atomic E-state index is 13.3. The molecule has 180 valence electrons. The Morgan fingerprint density at radius 1 is 1.15 bits per heavy atom. The molecule has 1 aliphatic rings. The molecule has 0 aliphatic carbocycles. The van der Waals surface area contributed by atoms with Gasteiger partial charge >= 0.3 is 5.97 Å². The topological polar surface area (TPSA) is 102 Å². The average molecular weight is 523 g/mol. The van der Waals surface area contributed by atoms with Gasteiger partial charge in [-0.25, -0.2) is 13.2 Å². The molecule has 1 amide bonds. The molecule has 0 saturated carbocycles. The summed E-state index contributed by atoms with van der Waals surface area (Å²) in [7, 11) is -1.18. The number of carbonyl (C=O) groups excluding carboxylic acids is 2. The first-order valence-corrected chi connectivity index (χ1v) is 13.1. The maximum Gasteiger partial charge on any atom is 0.348 e. The van der Waals surface area contributed by atoms with Crippen LogP contribution < -0.4 is 10.1 Å². The molecule has 1 atom stereocenters. The van der Waals surface area contributed by atoms with E-state index in [-0.39, 0.29) is 28.1 Å². The number of halogens is 1. The molecule has 1 saturated heterocycles. The molecule has 0 bridgehead atoms. The van der Waals surface area contributed by atoms with Gasteiger partial charge in [0.1, 0.15) is 15.5 Å². The molecular formula is C23H23ClN2O6S2. The molecule has 1 unspecified atom stereocenters. The Hall–Kier alpha value is -2.66. The van der Waals surface area contributed by atoms with Gasteiger partial charge in [-0.2, -0.15) is 4.31 Å². The minimum atomic E-state index is -3.90. The Labute approximate surface area is 206 Å². The van der Waals surface area contributed by atoms with Crippen LogP contribution in [0, 0.1) is 5.92 Å². The molecule has 0 spiro atoms. The van der Waals surface area contributed by atoms with Crippen molar-refractivity contribution >= 4 is 60.6 Å². The van der Waals surface area contributed by atoms with Crippen LogP contribution in [0.1, 0.15) is 22.5 Å². The van der Waals surface area contributed by atoms with Crippen LogP contribution >= 0.6 is 22.9 Å². The van der Waals surface area contributed by atoms with Crippen molar-refractivity contribution < 1.29 is 27.5 Å². The van der Waals surface area contributed by atoms with E-state index in [2.05, 4.69) is 5.32 Å². The number of ether oxygens (including phenoxy) is 2. The number of sulfonamides is 1. The molecule has 11 heteroatoms. The monoisotopic (exact) mass is 522 g/mol. The summed E-state index contributed by atoms with van der Waals surface area (Å²) < 4.78 is 38.8. The second-order valence-corrected chi connectivity index (χ2v) is 11.3. The first kappa shape index (κ1) is 24.5. The molecule has 8 nitrogen and oxygen atoms in total. The number of fused-ring (bicyclic) bond motifs is 1. The summed E-state index contributed by atoms with van der Waals surface area (Å²) in [5.74, 6) is -0.990. The van der Waals surface area contributed by atoms with Gasteiger partial charge in [-0.3, -0.25) is 4.79 Å². The van der Waals surface area contributed by atoms with Gasteiger partial charge in [0.25, 0.3) is 0 Å². The molecular weight excluding hydrogens is 500 g/mol. The third kappa shape index (κ3) is 4.90. The summed E-state index contributed by atoms with van der Waals surface area (Å²) in [5.41, 5.74) is 0.572. The number of hydrogen-bond donors (Lipinski definition) is 1. The number of rotatable bonds is 6. The lowest BCUT2D eigenvalue weighted by molar-refractivity contribution is -0.120. The predicted molar refractivity (Wildman–Crippen MR) is 131 cm³/mol. The normalized spacial score (nSPS) is 16.9. The van der Waals surface area contributed by atoms with Crippen LogP contribution in [0.5, 0.6) is 5.75 Å². The first-order chi connectivity index (χ1) is 16.2. The van der Waals surface area contributed by atoms with Gasteiger partial charge in [0, 0.05) is 28.5 Å². The van der Waals surface area contributed by atoms with Gasteiger partial charge < -0.3 is 14.8 Å². The highest BCUT2D eigenvalue weighted by atomic mass is 35.5. The van der Waals surface area contributed by atoms with Gasteiger partial charge in [0.2, 0.25) is 15.9 Å². The summed E-state index contributed by atoms with van der Waals surface area (Å²) >= 11 is 7.34. The predicted octanol–water partition coefficient (Wildman–Crippen LogP) is 4.39. The third-order valence-electron chi connectivity index (χ3n) is 5.67. The highest BCUT2D eigenvalue weighted by molar-refractivity contribution is 7.89. The minimum Gasteiger partial charge on any atom is -0.495 e. The largest absolute Gasteiger partial charge is 0.495 e. The van der Waals surface area contributed by atoms with Gasteiger partial charge in [-0.1, -0.05) is 11.6 Å². The van der Waals surface area contributed by atoms with Crippen molar-refractivity contribution in [2.24, 2.45) is 5.92 Å². The zero-order valence-electron chi connectivity index (χ0n) is 18.5. The van der Waals surface area contributed by atoms with E-state index in [4.69, 9.17) is 21.1 Å². The fourth-order valence-corrected chi connectivity index (χ4v) is 6.84. The lowest BCUT2D eigenvalue weighted by Gasteiger charge is -2.31. The van der Waals surface area contributed by atoms with Crippen LogP contribution in [-0.4, -0.2) is 51.9 Å². The number of hydrogen-bond acceptors (Lipinski definition) is 7. The highest BCUT2D eigenvalue weighted by Crippen LogP contribution is 2.33. The smallest absolute Gasteiger partial charge is 0.348 e. The fourth-order valence-electron chi connectivity index (χ4n) is 3.93. The first-order valence-electron chi connectivity index (χ1n) is 10.5. The number of amides is 1. The summed E-state index contributed by atoms with van der Waals surface area (Å²) in [4.78, 5) is 25.2. The van der Waals surface area contributed by atoms with E-state index >= 15 is 0 Å². The zero-order valence-corrected chi connectivity index (χ0v) is 20.9. The van der Waals surface area contributed by atoms with E-state index in [1.165, 1.54) is 42.0 Å². The van der Waals surface area contributed by atoms with Crippen molar-refractivity contribution in [3.05, 3.63) is 52.4 Å².